The number of nitrogens with one attached hydrogen (secondary N) is 1. The molecule has 0 atom stereocenters. The molecule has 1 aromatic carbocycles. The average molecular weight is 310 g/mol. The number of halogens is 2. The molecular formula is C14H9ClFNO4. The first-order valence-electron chi connectivity index (χ1n) is 5.73. The smallest absolute Gasteiger partial charge is 0.328 e. The number of furan rings is 1. The number of rotatable bonds is 4. The van der Waals surface area contributed by atoms with E-state index in [0.29, 0.717) is 5.69 Å². The van der Waals surface area contributed by atoms with Crippen LogP contribution in [0.2, 0.25) is 5.22 Å². The van der Waals surface area contributed by atoms with Gasteiger partial charge in [-0.15, -0.1) is 0 Å². The first-order chi connectivity index (χ1) is 9.95. The van der Waals surface area contributed by atoms with E-state index in [1.165, 1.54) is 24.3 Å². The largest absolute Gasteiger partial charge is 0.478 e. The van der Waals surface area contributed by atoms with Gasteiger partial charge in [0.2, 0.25) is 0 Å². The third-order valence-electron chi connectivity index (χ3n) is 2.46. The highest BCUT2D eigenvalue weighted by molar-refractivity contribution is 6.29. The normalized spacial score (nSPS) is 10.8. The molecule has 21 heavy (non-hydrogen) atoms. The molecule has 0 aliphatic carbocycles. The van der Waals surface area contributed by atoms with Crippen molar-refractivity contribution in [1.82, 2.24) is 0 Å². The van der Waals surface area contributed by atoms with Crippen molar-refractivity contribution in [3.8, 4) is 0 Å². The number of anilines is 1. The lowest BCUT2D eigenvalue weighted by molar-refractivity contribution is -0.131. The summed E-state index contributed by atoms with van der Waals surface area (Å²) in [5, 5.41) is 11.1. The molecule has 5 nitrogen and oxygen atoms in total. The van der Waals surface area contributed by atoms with E-state index >= 15 is 0 Å². The number of carboxylic acids is 1. The van der Waals surface area contributed by atoms with E-state index in [0.717, 1.165) is 18.2 Å². The predicted molar refractivity (Wildman–Crippen MR) is 74.7 cm³/mol. The minimum absolute atomic E-state index is 0.00644. The molecule has 0 fully saturated rings. The summed E-state index contributed by atoms with van der Waals surface area (Å²) in [4.78, 5) is 22.3. The predicted octanol–water partition coefficient (Wildman–Crippen LogP) is 3.42. The summed E-state index contributed by atoms with van der Waals surface area (Å²) in [6.45, 7) is 0. The van der Waals surface area contributed by atoms with Gasteiger partial charge in [0.1, 0.15) is 5.82 Å². The van der Waals surface area contributed by atoms with Crippen LogP contribution in [-0.4, -0.2) is 17.0 Å². The van der Waals surface area contributed by atoms with E-state index in [1.54, 1.807) is 0 Å². The fourth-order valence-corrected chi connectivity index (χ4v) is 1.69. The van der Waals surface area contributed by atoms with Gasteiger partial charge in [0, 0.05) is 17.3 Å². The van der Waals surface area contributed by atoms with E-state index in [2.05, 4.69) is 5.32 Å². The molecule has 0 aliphatic heterocycles. The van der Waals surface area contributed by atoms with E-state index in [9.17, 15) is 14.0 Å². The molecule has 0 bridgehead atoms. The van der Waals surface area contributed by atoms with Crippen LogP contribution in [0.3, 0.4) is 0 Å². The summed E-state index contributed by atoms with van der Waals surface area (Å²) in [5.74, 6) is -2.35. The number of aliphatic carboxylic acids is 1. The molecule has 108 valence electrons. The zero-order valence-corrected chi connectivity index (χ0v) is 11.2. The average Bonchev–Trinajstić information content (AvgIpc) is 2.86. The lowest BCUT2D eigenvalue weighted by Crippen LogP contribution is -2.11. The molecule has 0 aliphatic rings. The highest BCUT2D eigenvalue weighted by Gasteiger charge is 2.11. The lowest BCUT2D eigenvalue weighted by Gasteiger charge is -2.05. The summed E-state index contributed by atoms with van der Waals surface area (Å²) in [6.07, 6.45) is 1.90. The summed E-state index contributed by atoms with van der Waals surface area (Å²) >= 11 is 5.56. The number of hydrogen-bond donors (Lipinski definition) is 2. The Kier molecular flexibility index (Phi) is 4.39. The monoisotopic (exact) mass is 309 g/mol. The molecule has 1 heterocycles. The molecule has 0 saturated heterocycles. The quantitative estimate of drug-likeness (QED) is 0.848. The minimum atomic E-state index is -1.20. The second kappa shape index (κ2) is 6.23. The van der Waals surface area contributed by atoms with E-state index in [-0.39, 0.29) is 16.5 Å². The van der Waals surface area contributed by atoms with Crippen molar-refractivity contribution in [1.29, 1.82) is 0 Å². The number of carbonyl (C=O) groups is 2. The molecule has 0 radical (unpaired) electrons. The Morgan fingerprint density at radius 2 is 2.05 bits per heavy atom. The maximum absolute atomic E-state index is 13.5. The number of carboxylic acid groups (broad SMARTS) is 1. The Hall–Kier alpha value is -2.60. The van der Waals surface area contributed by atoms with Crippen molar-refractivity contribution >= 4 is 35.2 Å². The van der Waals surface area contributed by atoms with Gasteiger partial charge in [-0.25, -0.2) is 9.18 Å². The van der Waals surface area contributed by atoms with Gasteiger partial charge >= 0.3 is 5.97 Å². The second-order valence-corrected chi connectivity index (χ2v) is 4.34. The number of hydrogen-bond acceptors (Lipinski definition) is 3. The van der Waals surface area contributed by atoms with Gasteiger partial charge in [0.25, 0.3) is 5.91 Å². The minimum Gasteiger partial charge on any atom is -0.478 e. The van der Waals surface area contributed by atoms with Gasteiger partial charge in [0.05, 0.1) is 0 Å². The van der Waals surface area contributed by atoms with E-state index in [4.69, 9.17) is 21.1 Å². The van der Waals surface area contributed by atoms with E-state index < -0.39 is 17.7 Å². The van der Waals surface area contributed by atoms with Gasteiger partial charge in [-0.3, -0.25) is 4.79 Å². The van der Waals surface area contributed by atoms with Gasteiger partial charge in [0.15, 0.2) is 11.0 Å². The van der Waals surface area contributed by atoms with Gasteiger partial charge in [-0.2, -0.15) is 0 Å². The molecule has 0 unspecified atom stereocenters. The standard InChI is InChI=1S/C14H9ClFNO4/c15-12-5-4-11(21-12)14(20)17-9-2-3-10(16)8(7-9)1-6-13(18)19/h1-7H,(H,17,20)(H,18,19)/b6-1+. The van der Waals surface area contributed by atoms with Gasteiger partial charge < -0.3 is 14.8 Å². The summed E-state index contributed by atoms with van der Waals surface area (Å²) in [5.41, 5.74) is 0.326. The molecular weight excluding hydrogens is 301 g/mol. The highest BCUT2D eigenvalue weighted by atomic mass is 35.5. The van der Waals surface area contributed by atoms with Crippen LogP contribution in [0, 0.1) is 5.82 Å². The number of carbonyl (C=O) groups excluding carboxylic acids is 1. The van der Waals surface area contributed by atoms with Crippen LogP contribution >= 0.6 is 11.6 Å². The Morgan fingerprint density at radius 1 is 1.29 bits per heavy atom. The van der Waals surface area contributed by atoms with Crippen LogP contribution in [-0.2, 0) is 4.79 Å². The maximum atomic E-state index is 13.5. The molecule has 2 rings (SSSR count). The topological polar surface area (TPSA) is 79.5 Å². The molecule has 2 N–H and O–H groups in total. The zero-order valence-electron chi connectivity index (χ0n) is 10.5. The fourth-order valence-electron chi connectivity index (χ4n) is 1.54. The van der Waals surface area contributed by atoms with Crippen LogP contribution in [0.4, 0.5) is 10.1 Å². The first-order valence-corrected chi connectivity index (χ1v) is 6.11. The number of benzene rings is 1. The molecule has 1 aromatic heterocycles. The van der Waals surface area contributed by atoms with Crippen LogP contribution in [0.1, 0.15) is 16.1 Å². The fraction of sp³-hybridized carbons (Fsp3) is 0. The molecule has 2 aromatic rings. The van der Waals surface area contributed by atoms with Crippen molar-refractivity contribution in [3.05, 3.63) is 58.8 Å². The second-order valence-electron chi connectivity index (χ2n) is 3.97. The van der Waals surface area contributed by atoms with Crippen molar-refractivity contribution in [3.63, 3.8) is 0 Å². The Bertz CT molecular complexity index is 724. The van der Waals surface area contributed by atoms with Crippen LogP contribution in [0.5, 0.6) is 0 Å². The SMILES string of the molecule is O=C(O)/C=C/c1cc(NC(=O)c2ccc(Cl)o2)ccc1F. The highest BCUT2D eigenvalue weighted by Crippen LogP contribution is 2.19. The van der Waals surface area contributed by atoms with Crippen LogP contribution in [0.15, 0.2) is 40.8 Å². The van der Waals surface area contributed by atoms with Crippen LogP contribution in [0.25, 0.3) is 6.08 Å². The van der Waals surface area contributed by atoms with Gasteiger partial charge in [-0.05, 0) is 48.0 Å². The third-order valence-corrected chi connectivity index (χ3v) is 2.66. The summed E-state index contributed by atoms with van der Waals surface area (Å²) in [6, 6.07) is 6.58. The van der Waals surface area contributed by atoms with Crippen LogP contribution < -0.4 is 5.32 Å². The summed E-state index contributed by atoms with van der Waals surface area (Å²) in [7, 11) is 0. The number of amides is 1. The lowest BCUT2D eigenvalue weighted by atomic mass is 10.1. The Balaban J connectivity index is 2.19. The molecule has 0 saturated carbocycles. The first kappa shape index (κ1) is 14.8. The molecule has 0 spiro atoms. The Morgan fingerprint density at radius 3 is 2.67 bits per heavy atom. The molecule has 7 heteroatoms. The van der Waals surface area contributed by atoms with Gasteiger partial charge in [-0.1, -0.05) is 0 Å². The van der Waals surface area contributed by atoms with Crippen molar-refractivity contribution < 1.29 is 23.5 Å². The third kappa shape index (κ3) is 3.93. The maximum Gasteiger partial charge on any atom is 0.328 e. The zero-order chi connectivity index (χ0) is 15.4. The Labute approximate surface area is 123 Å². The van der Waals surface area contributed by atoms with Crippen molar-refractivity contribution in [2.24, 2.45) is 0 Å². The summed E-state index contributed by atoms with van der Waals surface area (Å²) < 4.78 is 18.4. The van der Waals surface area contributed by atoms with Crippen molar-refractivity contribution in [2.75, 3.05) is 5.32 Å². The van der Waals surface area contributed by atoms with E-state index in [1.807, 2.05) is 0 Å². The molecule has 1 amide bonds. The van der Waals surface area contributed by atoms with Crippen molar-refractivity contribution in [2.45, 2.75) is 0 Å².